The summed E-state index contributed by atoms with van der Waals surface area (Å²) in [6.07, 6.45) is 6.36. The topological polar surface area (TPSA) is 58.2 Å². The second kappa shape index (κ2) is 5.95. The standard InChI is InChI=1S/C15H25N3O2/c1-5-15(6-2)12(8-13(15)20-7-3)18(4)14(19)11-9-16-10-17-11/h9-10,12-13H,5-8H2,1-4H3,(H,16,17)/t12-,13+/m0/s1. The highest BCUT2D eigenvalue weighted by Crippen LogP contribution is 2.51. The number of nitrogens with zero attached hydrogens (tertiary/aromatic N) is 2. The number of rotatable bonds is 6. The fourth-order valence-electron chi connectivity index (χ4n) is 3.59. The van der Waals surface area contributed by atoms with Crippen LogP contribution in [0.3, 0.4) is 0 Å². The molecule has 0 radical (unpaired) electrons. The highest BCUT2D eigenvalue weighted by atomic mass is 16.5. The summed E-state index contributed by atoms with van der Waals surface area (Å²) >= 11 is 0. The normalized spacial score (nSPS) is 24.2. The molecule has 5 nitrogen and oxygen atoms in total. The Morgan fingerprint density at radius 1 is 1.50 bits per heavy atom. The van der Waals surface area contributed by atoms with Crippen LogP contribution in [0.5, 0.6) is 0 Å². The maximum Gasteiger partial charge on any atom is 0.271 e. The highest BCUT2D eigenvalue weighted by molar-refractivity contribution is 5.92. The first-order valence-electron chi connectivity index (χ1n) is 7.47. The van der Waals surface area contributed by atoms with Crippen molar-refractivity contribution >= 4 is 5.91 Å². The van der Waals surface area contributed by atoms with Crippen molar-refractivity contribution in [2.75, 3.05) is 13.7 Å². The first-order valence-corrected chi connectivity index (χ1v) is 7.47. The van der Waals surface area contributed by atoms with Crippen molar-refractivity contribution < 1.29 is 9.53 Å². The number of carbonyl (C=O) groups excluding carboxylic acids is 1. The number of hydrogen-bond donors (Lipinski definition) is 1. The molecule has 1 heterocycles. The third-order valence-electron chi connectivity index (χ3n) is 4.94. The number of carbonyl (C=O) groups is 1. The van der Waals surface area contributed by atoms with Gasteiger partial charge < -0.3 is 14.6 Å². The lowest BCUT2D eigenvalue weighted by atomic mass is 9.58. The molecule has 1 aromatic rings. The van der Waals surface area contributed by atoms with Crippen molar-refractivity contribution in [2.24, 2.45) is 5.41 Å². The van der Waals surface area contributed by atoms with Gasteiger partial charge in [-0.25, -0.2) is 4.98 Å². The Morgan fingerprint density at radius 2 is 2.20 bits per heavy atom. The van der Waals surface area contributed by atoms with Crippen molar-refractivity contribution in [3.05, 3.63) is 18.2 Å². The van der Waals surface area contributed by atoms with Crippen molar-refractivity contribution in [1.29, 1.82) is 0 Å². The first kappa shape index (κ1) is 15.0. The predicted molar refractivity (Wildman–Crippen MR) is 77.5 cm³/mol. The SMILES string of the molecule is CCO[C@@H]1C[C@H](N(C)C(=O)c2cnc[nH]2)C1(CC)CC. The van der Waals surface area contributed by atoms with E-state index in [0.717, 1.165) is 25.9 Å². The maximum absolute atomic E-state index is 12.4. The van der Waals surface area contributed by atoms with Crippen LogP contribution in [0.1, 0.15) is 50.5 Å². The molecule has 1 amide bonds. The van der Waals surface area contributed by atoms with E-state index in [0.29, 0.717) is 5.69 Å². The lowest BCUT2D eigenvalue weighted by Crippen LogP contribution is -2.64. The molecule has 5 heteroatoms. The molecule has 0 spiro atoms. The summed E-state index contributed by atoms with van der Waals surface area (Å²) in [6.45, 7) is 7.15. The molecule has 1 aliphatic rings. The quantitative estimate of drug-likeness (QED) is 0.870. The first-order chi connectivity index (χ1) is 9.60. The number of aromatic nitrogens is 2. The molecular weight excluding hydrogens is 254 g/mol. The predicted octanol–water partition coefficient (Wildman–Crippen LogP) is 2.47. The summed E-state index contributed by atoms with van der Waals surface area (Å²) in [5.74, 6) is 0.00808. The molecule has 1 aromatic heterocycles. The monoisotopic (exact) mass is 279 g/mol. The minimum Gasteiger partial charge on any atom is -0.378 e. The smallest absolute Gasteiger partial charge is 0.271 e. The summed E-state index contributed by atoms with van der Waals surface area (Å²) < 4.78 is 5.87. The number of H-pyrrole nitrogens is 1. The molecule has 0 bridgehead atoms. The van der Waals surface area contributed by atoms with Gasteiger partial charge in [0.1, 0.15) is 5.69 Å². The minimum atomic E-state index is 0.00808. The average molecular weight is 279 g/mol. The number of hydrogen-bond acceptors (Lipinski definition) is 3. The summed E-state index contributed by atoms with van der Waals surface area (Å²) in [5, 5.41) is 0. The highest BCUT2D eigenvalue weighted by Gasteiger charge is 2.55. The molecule has 0 aliphatic heterocycles. The third-order valence-corrected chi connectivity index (χ3v) is 4.94. The lowest BCUT2D eigenvalue weighted by Gasteiger charge is -2.58. The van der Waals surface area contributed by atoms with E-state index in [4.69, 9.17) is 4.74 Å². The zero-order valence-corrected chi connectivity index (χ0v) is 12.8. The summed E-state index contributed by atoms with van der Waals surface area (Å²) in [6, 6.07) is 0.241. The Bertz CT molecular complexity index is 440. The van der Waals surface area contributed by atoms with E-state index in [-0.39, 0.29) is 23.5 Å². The number of ether oxygens (including phenoxy) is 1. The van der Waals surface area contributed by atoms with Gasteiger partial charge in [0.15, 0.2) is 0 Å². The Kier molecular flexibility index (Phi) is 4.48. The molecule has 1 fully saturated rings. The van der Waals surface area contributed by atoms with E-state index < -0.39 is 0 Å². The number of nitrogens with one attached hydrogen (secondary N) is 1. The van der Waals surface area contributed by atoms with Crippen LogP contribution in [-0.4, -0.2) is 46.6 Å². The van der Waals surface area contributed by atoms with Crippen LogP contribution < -0.4 is 0 Å². The van der Waals surface area contributed by atoms with Crippen molar-refractivity contribution in [2.45, 2.75) is 52.2 Å². The lowest BCUT2D eigenvalue weighted by molar-refractivity contribution is -0.159. The summed E-state index contributed by atoms with van der Waals surface area (Å²) in [7, 11) is 1.88. The van der Waals surface area contributed by atoms with Gasteiger partial charge in [-0.05, 0) is 26.2 Å². The molecule has 1 saturated carbocycles. The van der Waals surface area contributed by atoms with Crippen LogP contribution in [-0.2, 0) is 4.74 Å². The van der Waals surface area contributed by atoms with Crippen LogP contribution in [0.2, 0.25) is 0 Å². The summed E-state index contributed by atoms with van der Waals surface area (Å²) in [5.41, 5.74) is 0.633. The van der Waals surface area contributed by atoms with Gasteiger partial charge in [-0.1, -0.05) is 13.8 Å². The second-order valence-corrected chi connectivity index (χ2v) is 5.52. The van der Waals surface area contributed by atoms with Gasteiger partial charge in [0.25, 0.3) is 5.91 Å². The second-order valence-electron chi connectivity index (χ2n) is 5.52. The number of imidazole rings is 1. The van der Waals surface area contributed by atoms with Crippen LogP contribution in [0.25, 0.3) is 0 Å². The number of amides is 1. The van der Waals surface area contributed by atoms with E-state index in [1.807, 2.05) is 18.9 Å². The molecule has 1 aliphatic carbocycles. The molecule has 0 aromatic carbocycles. The zero-order chi connectivity index (χ0) is 14.8. The Hall–Kier alpha value is -1.36. The van der Waals surface area contributed by atoms with Gasteiger partial charge in [-0.15, -0.1) is 0 Å². The van der Waals surface area contributed by atoms with Gasteiger partial charge >= 0.3 is 0 Å². The molecule has 0 saturated heterocycles. The Labute approximate surface area is 120 Å². The molecule has 2 atom stereocenters. The molecule has 0 unspecified atom stereocenters. The van der Waals surface area contributed by atoms with Crippen LogP contribution >= 0.6 is 0 Å². The molecule has 112 valence electrons. The van der Waals surface area contributed by atoms with E-state index in [1.54, 1.807) is 6.20 Å². The Morgan fingerprint density at radius 3 is 2.70 bits per heavy atom. The van der Waals surface area contributed by atoms with Crippen molar-refractivity contribution in [1.82, 2.24) is 14.9 Å². The van der Waals surface area contributed by atoms with Gasteiger partial charge in [-0.2, -0.15) is 0 Å². The zero-order valence-electron chi connectivity index (χ0n) is 12.8. The van der Waals surface area contributed by atoms with Crippen LogP contribution in [0, 0.1) is 5.41 Å². The van der Waals surface area contributed by atoms with E-state index in [2.05, 4.69) is 23.8 Å². The van der Waals surface area contributed by atoms with Gasteiger partial charge in [-0.3, -0.25) is 4.79 Å². The average Bonchev–Trinajstić information content (AvgIpc) is 2.97. The minimum absolute atomic E-state index is 0.00808. The van der Waals surface area contributed by atoms with Crippen molar-refractivity contribution in [3.8, 4) is 0 Å². The van der Waals surface area contributed by atoms with Gasteiger partial charge in [0, 0.05) is 25.1 Å². The molecular formula is C15H25N3O2. The third kappa shape index (κ3) is 2.24. The fourth-order valence-corrected chi connectivity index (χ4v) is 3.59. The van der Waals surface area contributed by atoms with Crippen LogP contribution in [0.4, 0.5) is 0 Å². The number of aromatic amines is 1. The van der Waals surface area contributed by atoms with E-state index in [9.17, 15) is 4.79 Å². The van der Waals surface area contributed by atoms with Gasteiger partial charge in [0.2, 0.25) is 0 Å². The maximum atomic E-state index is 12.4. The van der Waals surface area contributed by atoms with Crippen molar-refractivity contribution in [3.63, 3.8) is 0 Å². The summed E-state index contributed by atoms with van der Waals surface area (Å²) in [4.78, 5) is 21.1. The Balaban J connectivity index is 2.14. The largest absolute Gasteiger partial charge is 0.378 e. The molecule has 20 heavy (non-hydrogen) atoms. The molecule has 2 rings (SSSR count). The molecule has 1 N–H and O–H groups in total. The van der Waals surface area contributed by atoms with E-state index in [1.165, 1.54) is 6.33 Å². The van der Waals surface area contributed by atoms with Gasteiger partial charge in [0.05, 0.1) is 18.6 Å². The fraction of sp³-hybridized carbons (Fsp3) is 0.733. The van der Waals surface area contributed by atoms with E-state index >= 15 is 0 Å². The van der Waals surface area contributed by atoms with Crippen LogP contribution in [0.15, 0.2) is 12.5 Å².